The number of unbranched alkanes of at least 4 members (excludes halogenated alkanes) is 2. The van der Waals surface area contributed by atoms with Gasteiger partial charge >= 0.3 is 11.8 Å². The third kappa shape index (κ3) is 6.19. The second-order valence-electron chi connectivity index (χ2n) is 8.55. The molecule has 5 nitrogen and oxygen atoms in total. The summed E-state index contributed by atoms with van der Waals surface area (Å²) >= 11 is 0. The highest BCUT2D eigenvalue weighted by Crippen LogP contribution is 2.29. The molecule has 1 aliphatic rings. The van der Waals surface area contributed by atoms with Crippen LogP contribution in [0.2, 0.25) is 0 Å². The van der Waals surface area contributed by atoms with Crippen molar-refractivity contribution in [1.82, 2.24) is 14.7 Å². The Kier molecular flexibility index (Phi) is 9.29. The summed E-state index contributed by atoms with van der Waals surface area (Å²) in [6.07, 6.45) is 3.91. The number of carbonyl (C=O) groups excluding carboxylic acids is 2. The second kappa shape index (κ2) is 12.4. The number of amides is 2. The van der Waals surface area contributed by atoms with Crippen LogP contribution in [0, 0.1) is 0 Å². The van der Waals surface area contributed by atoms with Gasteiger partial charge in [0.15, 0.2) is 0 Å². The van der Waals surface area contributed by atoms with E-state index in [1.807, 2.05) is 12.1 Å². The van der Waals surface area contributed by atoms with Crippen molar-refractivity contribution in [1.29, 1.82) is 0 Å². The summed E-state index contributed by atoms with van der Waals surface area (Å²) in [6.45, 7) is 8.22. The first kappa shape index (κ1) is 24.0. The van der Waals surface area contributed by atoms with Gasteiger partial charge in [-0.25, -0.2) is 0 Å². The summed E-state index contributed by atoms with van der Waals surface area (Å²) in [5.41, 5.74) is 2.50. The molecular formula is C27H37N3O2. The monoisotopic (exact) mass is 435 g/mol. The zero-order chi connectivity index (χ0) is 22.8. The van der Waals surface area contributed by atoms with E-state index in [2.05, 4.69) is 67.3 Å². The van der Waals surface area contributed by atoms with Crippen molar-refractivity contribution in [3.8, 4) is 0 Å². The van der Waals surface area contributed by atoms with Crippen molar-refractivity contribution >= 4 is 11.8 Å². The van der Waals surface area contributed by atoms with Crippen molar-refractivity contribution in [3.05, 3.63) is 71.8 Å². The smallest absolute Gasteiger partial charge is 0.312 e. The first-order chi connectivity index (χ1) is 15.7. The van der Waals surface area contributed by atoms with Crippen LogP contribution in [0.25, 0.3) is 0 Å². The molecule has 0 aliphatic carbocycles. The highest BCUT2D eigenvalue weighted by atomic mass is 16.2. The standard InChI is InChI=1S/C27H37N3O2/c1-3-5-17-29(18-6-4-2)26(31)27(32)30-21-19-28(20-22-30)25(23-13-9-7-10-14-23)24-15-11-8-12-16-24/h7-16,25H,3-6,17-22H2,1-2H3. The molecule has 0 saturated carbocycles. The lowest BCUT2D eigenvalue weighted by Gasteiger charge is -2.40. The Balaban J connectivity index is 1.67. The van der Waals surface area contributed by atoms with E-state index in [9.17, 15) is 9.59 Å². The largest absolute Gasteiger partial charge is 0.334 e. The summed E-state index contributed by atoms with van der Waals surface area (Å²) in [5, 5.41) is 0. The summed E-state index contributed by atoms with van der Waals surface area (Å²) in [5.74, 6) is -0.671. The molecule has 1 heterocycles. The molecule has 0 bridgehead atoms. The molecule has 1 aliphatic heterocycles. The van der Waals surface area contributed by atoms with Gasteiger partial charge < -0.3 is 9.80 Å². The second-order valence-corrected chi connectivity index (χ2v) is 8.55. The van der Waals surface area contributed by atoms with Crippen LogP contribution < -0.4 is 0 Å². The predicted molar refractivity (Wildman–Crippen MR) is 129 cm³/mol. The molecule has 2 aromatic rings. The number of piperazine rings is 1. The topological polar surface area (TPSA) is 43.9 Å². The zero-order valence-electron chi connectivity index (χ0n) is 19.6. The minimum absolute atomic E-state index is 0.149. The van der Waals surface area contributed by atoms with Gasteiger partial charge in [-0.1, -0.05) is 87.4 Å². The molecule has 0 spiro atoms. The first-order valence-electron chi connectivity index (χ1n) is 12.1. The number of hydrogen-bond donors (Lipinski definition) is 0. The Morgan fingerprint density at radius 2 is 1.25 bits per heavy atom. The van der Waals surface area contributed by atoms with Gasteiger partial charge in [0.25, 0.3) is 0 Å². The van der Waals surface area contributed by atoms with Crippen LogP contribution >= 0.6 is 0 Å². The summed E-state index contributed by atoms with van der Waals surface area (Å²) in [6, 6.07) is 21.2. The van der Waals surface area contributed by atoms with Gasteiger partial charge in [0.2, 0.25) is 0 Å². The van der Waals surface area contributed by atoms with Crippen molar-refractivity contribution in [3.63, 3.8) is 0 Å². The lowest BCUT2D eigenvalue weighted by molar-refractivity contribution is -0.153. The normalized spacial score (nSPS) is 14.5. The molecular weight excluding hydrogens is 398 g/mol. The van der Waals surface area contributed by atoms with Crippen LogP contribution in [-0.2, 0) is 9.59 Å². The first-order valence-corrected chi connectivity index (χ1v) is 12.1. The minimum atomic E-state index is -0.340. The van der Waals surface area contributed by atoms with E-state index in [4.69, 9.17) is 0 Å². The summed E-state index contributed by atoms with van der Waals surface area (Å²) in [7, 11) is 0. The fourth-order valence-corrected chi connectivity index (χ4v) is 4.35. The van der Waals surface area contributed by atoms with Crippen LogP contribution in [0.5, 0.6) is 0 Å². The van der Waals surface area contributed by atoms with Gasteiger partial charge in [-0.05, 0) is 24.0 Å². The Bertz CT molecular complexity index is 785. The predicted octanol–water partition coefficient (Wildman–Crippen LogP) is 4.35. The molecule has 3 rings (SSSR count). The number of carbonyl (C=O) groups is 2. The Morgan fingerprint density at radius 3 is 1.69 bits per heavy atom. The Labute approximate surface area is 193 Å². The van der Waals surface area contributed by atoms with Crippen LogP contribution in [0.3, 0.4) is 0 Å². The molecule has 32 heavy (non-hydrogen) atoms. The quantitative estimate of drug-likeness (QED) is 0.550. The van der Waals surface area contributed by atoms with Crippen LogP contribution in [0.15, 0.2) is 60.7 Å². The highest BCUT2D eigenvalue weighted by Gasteiger charge is 2.32. The van der Waals surface area contributed by atoms with Crippen molar-refractivity contribution in [2.24, 2.45) is 0 Å². The molecule has 0 aromatic heterocycles. The van der Waals surface area contributed by atoms with E-state index in [1.165, 1.54) is 11.1 Å². The fraction of sp³-hybridized carbons (Fsp3) is 0.481. The third-order valence-corrected chi connectivity index (χ3v) is 6.23. The summed E-state index contributed by atoms with van der Waals surface area (Å²) < 4.78 is 0. The van der Waals surface area contributed by atoms with E-state index in [0.717, 1.165) is 38.8 Å². The molecule has 172 valence electrons. The highest BCUT2D eigenvalue weighted by molar-refractivity contribution is 6.34. The lowest BCUT2D eigenvalue weighted by atomic mass is 9.96. The van der Waals surface area contributed by atoms with E-state index < -0.39 is 0 Å². The van der Waals surface area contributed by atoms with E-state index in [0.29, 0.717) is 26.2 Å². The number of nitrogens with zero attached hydrogens (tertiary/aromatic N) is 3. The lowest BCUT2D eigenvalue weighted by Crippen LogP contribution is -2.54. The molecule has 0 atom stereocenters. The Morgan fingerprint density at radius 1 is 0.781 bits per heavy atom. The molecule has 0 N–H and O–H groups in total. The molecule has 5 heteroatoms. The maximum atomic E-state index is 13.0. The van der Waals surface area contributed by atoms with Gasteiger partial charge in [0.1, 0.15) is 0 Å². The third-order valence-electron chi connectivity index (χ3n) is 6.23. The molecule has 2 amide bonds. The average molecular weight is 436 g/mol. The minimum Gasteiger partial charge on any atom is -0.334 e. The average Bonchev–Trinajstić information content (AvgIpc) is 2.85. The number of benzene rings is 2. The molecule has 0 unspecified atom stereocenters. The Hall–Kier alpha value is -2.66. The number of hydrogen-bond acceptors (Lipinski definition) is 3. The van der Waals surface area contributed by atoms with E-state index in [1.54, 1.807) is 9.80 Å². The molecule has 1 fully saturated rings. The zero-order valence-corrected chi connectivity index (χ0v) is 19.6. The molecule has 1 saturated heterocycles. The number of rotatable bonds is 9. The van der Waals surface area contributed by atoms with Gasteiger partial charge in [-0.3, -0.25) is 14.5 Å². The van der Waals surface area contributed by atoms with Gasteiger partial charge in [0, 0.05) is 39.3 Å². The van der Waals surface area contributed by atoms with E-state index >= 15 is 0 Å². The van der Waals surface area contributed by atoms with Gasteiger partial charge in [0.05, 0.1) is 6.04 Å². The molecule has 0 radical (unpaired) electrons. The maximum absolute atomic E-state index is 13.0. The van der Waals surface area contributed by atoms with Crippen LogP contribution in [0.4, 0.5) is 0 Å². The fourth-order valence-electron chi connectivity index (χ4n) is 4.35. The van der Waals surface area contributed by atoms with Gasteiger partial charge in [-0.15, -0.1) is 0 Å². The van der Waals surface area contributed by atoms with Crippen molar-refractivity contribution in [2.75, 3.05) is 39.3 Å². The van der Waals surface area contributed by atoms with Gasteiger partial charge in [-0.2, -0.15) is 0 Å². The van der Waals surface area contributed by atoms with E-state index in [-0.39, 0.29) is 17.9 Å². The maximum Gasteiger partial charge on any atom is 0.312 e. The van der Waals surface area contributed by atoms with Crippen molar-refractivity contribution < 1.29 is 9.59 Å². The van der Waals surface area contributed by atoms with Crippen LogP contribution in [-0.4, -0.2) is 65.8 Å². The summed E-state index contributed by atoms with van der Waals surface area (Å²) in [4.78, 5) is 31.9. The molecule has 2 aromatic carbocycles. The van der Waals surface area contributed by atoms with Crippen LogP contribution in [0.1, 0.15) is 56.7 Å². The SMILES string of the molecule is CCCCN(CCCC)C(=O)C(=O)N1CCN(C(c2ccccc2)c2ccccc2)CC1. The van der Waals surface area contributed by atoms with Crippen molar-refractivity contribution in [2.45, 2.75) is 45.6 Å².